The first-order valence-electron chi connectivity index (χ1n) is 7.28. The van der Waals surface area contributed by atoms with Crippen LogP contribution in [0.25, 0.3) is 0 Å². The molecule has 1 aliphatic heterocycles. The number of aryl methyl sites for hydroxylation is 1. The first kappa shape index (κ1) is 15.4. The summed E-state index contributed by atoms with van der Waals surface area (Å²) in [5, 5.41) is 9.24. The minimum absolute atomic E-state index is 0.0132. The highest BCUT2D eigenvalue weighted by Crippen LogP contribution is 2.23. The number of carbonyl (C=O) groups is 3. The Balaban J connectivity index is 1.60. The molecule has 0 bridgehead atoms. The topological polar surface area (TPSA) is 87.5 Å². The first-order valence-corrected chi connectivity index (χ1v) is 7.28. The quantitative estimate of drug-likeness (QED) is 0.806. The second kappa shape index (κ2) is 6.34. The summed E-state index contributed by atoms with van der Waals surface area (Å²) in [7, 11) is 0. The lowest BCUT2D eigenvalue weighted by molar-refractivity contribution is -0.168. The highest BCUT2D eigenvalue weighted by molar-refractivity contribution is 6.20. The lowest BCUT2D eigenvalue weighted by Gasteiger charge is -2.12. The third-order valence-corrected chi connectivity index (χ3v) is 3.65. The molecule has 0 atom stereocenters. The summed E-state index contributed by atoms with van der Waals surface area (Å²) in [4.78, 5) is 41.0. The molecule has 2 aromatic carbocycles. The van der Waals surface area contributed by atoms with E-state index in [-0.39, 0.29) is 17.5 Å². The van der Waals surface area contributed by atoms with Crippen LogP contribution in [-0.2, 0) is 16.1 Å². The third-order valence-electron chi connectivity index (χ3n) is 3.65. The Bertz CT molecular complexity index is 830. The largest absolute Gasteiger partial charge is 0.333 e. The SMILES string of the molecule is N#Cc1ccc(CCC(=O)ON2C(=O)c3ccccc3C2=O)cc1. The van der Waals surface area contributed by atoms with Crippen LogP contribution in [0.15, 0.2) is 48.5 Å². The van der Waals surface area contributed by atoms with Crippen molar-refractivity contribution in [1.82, 2.24) is 5.06 Å². The number of amides is 2. The van der Waals surface area contributed by atoms with Gasteiger partial charge in [0, 0.05) is 0 Å². The molecular weight excluding hydrogens is 308 g/mol. The molecule has 0 fully saturated rings. The number of hydrogen-bond acceptors (Lipinski definition) is 5. The minimum atomic E-state index is -0.672. The number of carbonyl (C=O) groups excluding carboxylic acids is 3. The van der Waals surface area contributed by atoms with Crippen LogP contribution in [0.4, 0.5) is 0 Å². The number of imide groups is 1. The van der Waals surface area contributed by atoms with Gasteiger partial charge in [0.15, 0.2) is 0 Å². The van der Waals surface area contributed by atoms with Gasteiger partial charge in [-0.15, -0.1) is 0 Å². The monoisotopic (exact) mass is 320 g/mol. The number of hydrogen-bond donors (Lipinski definition) is 0. The molecule has 1 aliphatic rings. The maximum atomic E-state index is 12.1. The van der Waals surface area contributed by atoms with Crippen molar-refractivity contribution < 1.29 is 19.2 Å². The van der Waals surface area contributed by atoms with Crippen LogP contribution in [0.2, 0.25) is 0 Å². The van der Waals surface area contributed by atoms with Crippen molar-refractivity contribution in [3.8, 4) is 6.07 Å². The molecule has 6 nitrogen and oxygen atoms in total. The summed E-state index contributed by atoms with van der Waals surface area (Å²) >= 11 is 0. The summed E-state index contributed by atoms with van der Waals surface area (Å²) < 4.78 is 0. The molecule has 0 N–H and O–H groups in total. The number of benzene rings is 2. The molecular formula is C18H12N2O4. The Morgan fingerprint density at radius 2 is 1.58 bits per heavy atom. The van der Waals surface area contributed by atoms with Gasteiger partial charge in [-0.2, -0.15) is 5.26 Å². The molecule has 0 saturated carbocycles. The van der Waals surface area contributed by atoms with E-state index in [1.165, 1.54) is 12.1 Å². The average Bonchev–Trinajstić information content (AvgIpc) is 2.86. The van der Waals surface area contributed by atoms with E-state index in [4.69, 9.17) is 10.1 Å². The van der Waals surface area contributed by atoms with Gasteiger partial charge < -0.3 is 4.84 Å². The summed E-state index contributed by atoms with van der Waals surface area (Å²) in [6, 6.07) is 15.1. The van der Waals surface area contributed by atoms with Gasteiger partial charge >= 0.3 is 5.97 Å². The molecule has 0 aliphatic carbocycles. The summed E-state index contributed by atoms with van der Waals surface area (Å²) in [5.41, 5.74) is 1.84. The summed E-state index contributed by atoms with van der Waals surface area (Å²) in [6.07, 6.45) is 0.396. The summed E-state index contributed by atoms with van der Waals surface area (Å²) in [6.45, 7) is 0. The Morgan fingerprint density at radius 3 is 2.12 bits per heavy atom. The number of fused-ring (bicyclic) bond motifs is 1. The lowest BCUT2D eigenvalue weighted by Crippen LogP contribution is -2.32. The fourth-order valence-corrected chi connectivity index (χ4v) is 2.39. The van der Waals surface area contributed by atoms with E-state index in [1.54, 1.807) is 36.4 Å². The van der Waals surface area contributed by atoms with Crippen molar-refractivity contribution in [2.24, 2.45) is 0 Å². The van der Waals surface area contributed by atoms with Crippen LogP contribution in [0.1, 0.15) is 38.3 Å². The van der Waals surface area contributed by atoms with E-state index < -0.39 is 17.8 Å². The van der Waals surface area contributed by atoms with E-state index in [9.17, 15) is 14.4 Å². The lowest BCUT2D eigenvalue weighted by atomic mass is 10.1. The van der Waals surface area contributed by atoms with E-state index in [2.05, 4.69) is 0 Å². The van der Waals surface area contributed by atoms with E-state index >= 15 is 0 Å². The number of rotatable bonds is 4. The molecule has 0 unspecified atom stereocenters. The van der Waals surface area contributed by atoms with Gasteiger partial charge in [-0.05, 0) is 36.2 Å². The van der Waals surface area contributed by atoms with Gasteiger partial charge in [-0.1, -0.05) is 29.3 Å². The van der Waals surface area contributed by atoms with Crippen molar-refractivity contribution in [1.29, 1.82) is 5.26 Å². The zero-order chi connectivity index (χ0) is 17.1. The van der Waals surface area contributed by atoms with Gasteiger partial charge in [0.25, 0.3) is 11.8 Å². The van der Waals surface area contributed by atoms with Crippen LogP contribution in [0.5, 0.6) is 0 Å². The Labute approximate surface area is 137 Å². The van der Waals surface area contributed by atoms with Crippen molar-refractivity contribution in [2.45, 2.75) is 12.8 Å². The number of hydroxylamine groups is 2. The third kappa shape index (κ3) is 2.88. The van der Waals surface area contributed by atoms with Crippen LogP contribution < -0.4 is 0 Å². The van der Waals surface area contributed by atoms with E-state index in [1.807, 2.05) is 6.07 Å². The van der Waals surface area contributed by atoms with Gasteiger partial charge in [0.1, 0.15) is 0 Å². The van der Waals surface area contributed by atoms with Crippen LogP contribution in [0.3, 0.4) is 0 Å². The van der Waals surface area contributed by atoms with Gasteiger partial charge in [-0.3, -0.25) is 9.59 Å². The van der Waals surface area contributed by atoms with Crippen molar-refractivity contribution >= 4 is 17.8 Å². The second-order valence-corrected chi connectivity index (χ2v) is 5.22. The number of nitriles is 1. The van der Waals surface area contributed by atoms with Gasteiger partial charge in [0.05, 0.1) is 29.2 Å². The normalized spacial score (nSPS) is 12.7. The molecule has 24 heavy (non-hydrogen) atoms. The van der Waals surface area contributed by atoms with Crippen LogP contribution in [-0.4, -0.2) is 22.8 Å². The second-order valence-electron chi connectivity index (χ2n) is 5.22. The average molecular weight is 320 g/mol. The van der Waals surface area contributed by atoms with E-state index in [0.29, 0.717) is 17.0 Å². The first-order chi connectivity index (χ1) is 11.6. The Hall–Kier alpha value is -3.46. The molecule has 118 valence electrons. The highest BCUT2D eigenvalue weighted by atomic mass is 16.7. The molecule has 3 rings (SSSR count). The molecule has 1 heterocycles. The van der Waals surface area contributed by atoms with Crippen molar-refractivity contribution in [3.05, 3.63) is 70.8 Å². The highest BCUT2D eigenvalue weighted by Gasteiger charge is 2.38. The number of nitrogens with zero attached hydrogens (tertiary/aromatic N) is 2. The minimum Gasteiger partial charge on any atom is -0.330 e. The Morgan fingerprint density at radius 1 is 1.00 bits per heavy atom. The van der Waals surface area contributed by atoms with Gasteiger partial charge in [-0.25, -0.2) is 4.79 Å². The van der Waals surface area contributed by atoms with Crippen LogP contribution >= 0.6 is 0 Å². The molecule has 0 aromatic heterocycles. The predicted octanol–water partition coefficient (Wildman–Crippen LogP) is 2.25. The van der Waals surface area contributed by atoms with E-state index in [0.717, 1.165) is 5.56 Å². The fraction of sp³-hybridized carbons (Fsp3) is 0.111. The zero-order valence-electron chi connectivity index (χ0n) is 12.6. The standard InChI is InChI=1S/C18H12N2O4/c19-11-13-7-5-12(6-8-13)9-10-16(21)24-20-17(22)14-3-1-2-4-15(14)18(20)23/h1-8H,9-10H2. The maximum Gasteiger partial charge on any atom is 0.333 e. The predicted molar refractivity (Wildman–Crippen MR) is 82.5 cm³/mol. The Kier molecular flexibility index (Phi) is 4.08. The molecule has 2 amide bonds. The molecule has 2 aromatic rings. The van der Waals surface area contributed by atoms with Gasteiger partial charge in [0.2, 0.25) is 0 Å². The molecule has 0 spiro atoms. The smallest absolute Gasteiger partial charge is 0.330 e. The molecule has 0 radical (unpaired) electrons. The van der Waals surface area contributed by atoms with Crippen molar-refractivity contribution in [2.75, 3.05) is 0 Å². The van der Waals surface area contributed by atoms with Crippen molar-refractivity contribution in [3.63, 3.8) is 0 Å². The zero-order valence-corrected chi connectivity index (χ0v) is 12.6. The van der Waals surface area contributed by atoms with Crippen LogP contribution in [0, 0.1) is 11.3 Å². The summed E-state index contributed by atoms with van der Waals surface area (Å²) in [5.74, 6) is -1.95. The molecule has 6 heteroatoms. The molecule has 0 saturated heterocycles. The maximum absolute atomic E-state index is 12.1. The fourth-order valence-electron chi connectivity index (χ4n) is 2.39.